The number of alkyl halides is 2. The van der Waals surface area contributed by atoms with Gasteiger partial charge in [-0.2, -0.15) is 25.6 Å². The Bertz CT molecular complexity index is 830. The number of H-pyrrole nitrogens is 1. The fourth-order valence-electron chi connectivity index (χ4n) is 2.45. The van der Waals surface area contributed by atoms with Gasteiger partial charge in [0.15, 0.2) is 0 Å². The van der Waals surface area contributed by atoms with Crippen molar-refractivity contribution in [3.8, 4) is 0 Å². The maximum atomic E-state index is 12.6. The second-order valence-electron chi connectivity index (χ2n) is 5.41. The van der Waals surface area contributed by atoms with Gasteiger partial charge in [0.1, 0.15) is 11.5 Å². The minimum atomic E-state index is -2.77. The Labute approximate surface area is 147 Å². The normalized spacial score (nSPS) is 12.6. The van der Waals surface area contributed by atoms with E-state index in [0.29, 0.717) is 16.9 Å². The largest absolute Gasteiger partial charge is 0.341 e. The van der Waals surface area contributed by atoms with Gasteiger partial charge in [0.05, 0.1) is 17.1 Å². The number of thioether (sulfide) groups is 1. The van der Waals surface area contributed by atoms with Crippen LogP contribution in [0.15, 0.2) is 36.5 Å². The van der Waals surface area contributed by atoms with Crippen LogP contribution in [-0.2, 0) is 0 Å². The second kappa shape index (κ2) is 7.64. The molecule has 3 aromatic rings. The molecule has 0 aliphatic carbocycles. The van der Waals surface area contributed by atoms with Gasteiger partial charge in [-0.3, -0.25) is 4.79 Å². The van der Waals surface area contributed by atoms with E-state index in [-0.39, 0.29) is 11.7 Å². The molecule has 0 saturated carbocycles. The summed E-state index contributed by atoms with van der Waals surface area (Å²) < 4.78 is 25.7. The number of para-hydroxylation sites is 2. The molecule has 25 heavy (non-hydrogen) atoms. The lowest BCUT2D eigenvalue weighted by molar-refractivity contribution is 0.0559. The van der Waals surface area contributed by atoms with Crippen molar-refractivity contribution in [1.82, 2.24) is 25.1 Å². The van der Waals surface area contributed by atoms with Crippen LogP contribution in [-0.4, -0.2) is 37.7 Å². The Morgan fingerprint density at radius 2 is 2.16 bits per heavy atom. The van der Waals surface area contributed by atoms with Gasteiger partial charge in [-0.15, -0.1) is 0 Å². The molecule has 2 heterocycles. The van der Waals surface area contributed by atoms with E-state index in [1.165, 1.54) is 6.07 Å². The van der Waals surface area contributed by atoms with Crippen molar-refractivity contribution in [2.75, 3.05) is 12.0 Å². The molecule has 6 nitrogen and oxygen atoms in total. The first kappa shape index (κ1) is 17.4. The third-order valence-corrected chi connectivity index (χ3v) is 4.34. The SMILES string of the molecule is CSCCC(NC(=O)c1ccn(C(F)F)n1)c1nc2ccccc2[nH]1. The van der Waals surface area contributed by atoms with Crippen LogP contribution < -0.4 is 5.32 Å². The summed E-state index contributed by atoms with van der Waals surface area (Å²) in [6.07, 6.45) is 3.71. The number of halogens is 2. The summed E-state index contributed by atoms with van der Waals surface area (Å²) >= 11 is 1.65. The molecule has 0 bridgehead atoms. The summed E-state index contributed by atoms with van der Waals surface area (Å²) in [4.78, 5) is 20.1. The molecule has 3 rings (SSSR count). The summed E-state index contributed by atoms with van der Waals surface area (Å²) in [5.41, 5.74) is 1.64. The lowest BCUT2D eigenvalue weighted by atomic mass is 10.2. The van der Waals surface area contributed by atoms with Crippen LogP contribution >= 0.6 is 11.8 Å². The van der Waals surface area contributed by atoms with Crippen molar-refractivity contribution < 1.29 is 13.6 Å². The van der Waals surface area contributed by atoms with Gasteiger partial charge in [-0.1, -0.05) is 12.1 Å². The number of carbonyl (C=O) groups excluding carboxylic acids is 1. The minimum Gasteiger partial charge on any atom is -0.341 e. The van der Waals surface area contributed by atoms with Crippen LogP contribution in [0.2, 0.25) is 0 Å². The number of nitrogens with zero attached hydrogens (tertiary/aromatic N) is 3. The Balaban J connectivity index is 1.81. The van der Waals surface area contributed by atoms with Gasteiger partial charge in [0.25, 0.3) is 5.91 Å². The number of benzene rings is 1. The van der Waals surface area contributed by atoms with E-state index >= 15 is 0 Å². The maximum Gasteiger partial charge on any atom is 0.333 e. The zero-order chi connectivity index (χ0) is 17.8. The van der Waals surface area contributed by atoms with E-state index in [2.05, 4.69) is 20.4 Å². The monoisotopic (exact) mass is 365 g/mol. The molecule has 1 atom stereocenters. The van der Waals surface area contributed by atoms with Crippen LogP contribution in [0.1, 0.15) is 35.3 Å². The van der Waals surface area contributed by atoms with E-state index in [9.17, 15) is 13.6 Å². The van der Waals surface area contributed by atoms with Crippen LogP contribution in [0, 0.1) is 0 Å². The Hall–Kier alpha value is -2.42. The van der Waals surface area contributed by atoms with E-state index in [0.717, 1.165) is 23.0 Å². The predicted molar refractivity (Wildman–Crippen MR) is 92.8 cm³/mol. The standard InChI is InChI=1S/C16H17F2N5OS/c1-25-9-7-12(14-19-10-4-2-3-5-11(10)20-14)21-15(24)13-6-8-23(22-13)16(17)18/h2-6,8,12,16H,7,9H2,1H3,(H,19,20)(H,21,24). The van der Waals surface area contributed by atoms with E-state index < -0.39 is 12.5 Å². The number of aromatic amines is 1. The summed E-state index contributed by atoms with van der Waals surface area (Å²) in [7, 11) is 0. The zero-order valence-electron chi connectivity index (χ0n) is 13.4. The number of nitrogens with one attached hydrogen (secondary N) is 2. The fraction of sp³-hybridized carbons (Fsp3) is 0.312. The van der Waals surface area contributed by atoms with Crippen molar-refractivity contribution >= 4 is 28.7 Å². The topological polar surface area (TPSA) is 75.6 Å². The summed E-state index contributed by atoms with van der Waals surface area (Å²) in [5, 5.41) is 6.43. The molecule has 1 amide bonds. The van der Waals surface area contributed by atoms with Crippen LogP contribution in [0.4, 0.5) is 8.78 Å². The summed E-state index contributed by atoms with van der Waals surface area (Å²) in [6.45, 7) is -2.77. The number of hydrogen-bond acceptors (Lipinski definition) is 4. The summed E-state index contributed by atoms with van der Waals surface area (Å²) in [5.74, 6) is 0.941. The first-order valence-corrected chi connectivity index (χ1v) is 9.05. The number of fused-ring (bicyclic) bond motifs is 1. The molecule has 132 valence electrons. The molecule has 2 aromatic heterocycles. The number of carbonyl (C=O) groups is 1. The van der Waals surface area contributed by atoms with E-state index in [1.54, 1.807) is 11.8 Å². The van der Waals surface area contributed by atoms with Crippen LogP contribution in [0.5, 0.6) is 0 Å². The number of aromatic nitrogens is 4. The van der Waals surface area contributed by atoms with Gasteiger partial charge >= 0.3 is 6.55 Å². The van der Waals surface area contributed by atoms with Crippen LogP contribution in [0.25, 0.3) is 11.0 Å². The first-order valence-electron chi connectivity index (χ1n) is 7.66. The summed E-state index contributed by atoms with van der Waals surface area (Å²) in [6, 6.07) is 8.49. The molecule has 0 aliphatic rings. The van der Waals surface area contributed by atoms with Gasteiger partial charge in [-0.05, 0) is 36.6 Å². The molecule has 0 saturated heterocycles. The van der Waals surface area contributed by atoms with E-state index in [1.807, 2.05) is 30.5 Å². The lowest BCUT2D eigenvalue weighted by Gasteiger charge is -2.15. The zero-order valence-corrected chi connectivity index (χ0v) is 14.3. The van der Waals surface area contributed by atoms with Gasteiger partial charge < -0.3 is 10.3 Å². The highest BCUT2D eigenvalue weighted by atomic mass is 32.2. The van der Waals surface area contributed by atoms with Crippen molar-refractivity contribution in [2.24, 2.45) is 0 Å². The highest BCUT2D eigenvalue weighted by Gasteiger charge is 2.21. The number of rotatable bonds is 7. The van der Waals surface area contributed by atoms with Crippen molar-refractivity contribution in [3.05, 3.63) is 48.0 Å². The highest BCUT2D eigenvalue weighted by molar-refractivity contribution is 7.98. The number of hydrogen-bond donors (Lipinski definition) is 2. The highest BCUT2D eigenvalue weighted by Crippen LogP contribution is 2.20. The average molecular weight is 365 g/mol. The molecule has 0 spiro atoms. The fourth-order valence-corrected chi connectivity index (χ4v) is 2.92. The Kier molecular flexibility index (Phi) is 5.32. The van der Waals surface area contributed by atoms with Gasteiger partial charge in [0.2, 0.25) is 0 Å². The minimum absolute atomic E-state index is 0.0504. The first-order chi connectivity index (χ1) is 12.1. The number of imidazole rings is 1. The Morgan fingerprint density at radius 1 is 1.36 bits per heavy atom. The molecule has 2 N–H and O–H groups in total. The van der Waals surface area contributed by atoms with Crippen LogP contribution in [0.3, 0.4) is 0 Å². The molecular formula is C16H17F2N5OS. The maximum absolute atomic E-state index is 12.6. The van der Waals surface area contributed by atoms with Crippen molar-refractivity contribution in [1.29, 1.82) is 0 Å². The van der Waals surface area contributed by atoms with Crippen molar-refractivity contribution in [3.63, 3.8) is 0 Å². The molecule has 0 aliphatic heterocycles. The molecule has 0 radical (unpaired) electrons. The molecular weight excluding hydrogens is 348 g/mol. The molecule has 9 heteroatoms. The smallest absolute Gasteiger partial charge is 0.333 e. The molecule has 1 aromatic carbocycles. The Morgan fingerprint density at radius 3 is 2.84 bits per heavy atom. The number of amides is 1. The average Bonchev–Trinajstić information content (AvgIpc) is 3.25. The molecule has 0 fully saturated rings. The van der Waals surface area contributed by atoms with Gasteiger partial charge in [0, 0.05) is 6.20 Å². The van der Waals surface area contributed by atoms with E-state index in [4.69, 9.17) is 0 Å². The third kappa shape index (κ3) is 3.98. The van der Waals surface area contributed by atoms with Gasteiger partial charge in [-0.25, -0.2) is 9.67 Å². The quantitative estimate of drug-likeness (QED) is 0.673. The lowest BCUT2D eigenvalue weighted by Crippen LogP contribution is -2.30. The second-order valence-corrected chi connectivity index (χ2v) is 6.39. The molecule has 1 unspecified atom stereocenters. The predicted octanol–water partition coefficient (Wildman–Crippen LogP) is 3.38. The third-order valence-electron chi connectivity index (χ3n) is 3.69. The van der Waals surface area contributed by atoms with Crippen molar-refractivity contribution in [2.45, 2.75) is 19.0 Å².